The van der Waals surface area contributed by atoms with Gasteiger partial charge < -0.3 is 15.2 Å². The molecule has 2 aromatic carbocycles. The van der Waals surface area contributed by atoms with Crippen LogP contribution in [-0.4, -0.2) is 37.1 Å². The molecule has 32 heavy (non-hydrogen) atoms. The van der Waals surface area contributed by atoms with E-state index < -0.39 is 5.91 Å². The number of amides is 2. The molecule has 0 saturated heterocycles. The van der Waals surface area contributed by atoms with E-state index in [0.717, 1.165) is 5.56 Å². The largest absolute Gasteiger partial charge is 0.497 e. The number of carbonyl (C=O) groups excluding carboxylic acids is 2. The Hall–Kier alpha value is -3.07. The molecule has 0 fully saturated rings. The average Bonchev–Trinajstić information content (AvgIpc) is 3.27. The SMILES string of the molecule is C=CCN(C(=O)COc1ccc(OC)cc1C(N)=O)c1nc(-c2ccc(Cl)c(Cl)c2)cs1. The van der Waals surface area contributed by atoms with Gasteiger partial charge >= 0.3 is 0 Å². The Morgan fingerprint density at radius 1 is 1.22 bits per heavy atom. The Balaban J connectivity index is 1.78. The van der Waals surface area contributed by atoms with Gasteiger partial charge in [-0.05, 0) is 30.3 Å². The lowest BCUT2D eigenvalue weighted by atomic mass is 10.2. The zero-order valence-electron chi connectivity index (χ0n) is 17.0. The summed E-state index contributed by atoms with van der Waals surface area (Å²) in [5, 5.41) is 3.13. The van der Waals surface area contributed by atoms with E-state index in [1.807, 2.05) is 5.38 Å². The summed E-state index contributed by atoms with van der Waals surface area (Å²) in [6.07, 6.45) is 1.58. The predicted octanol–water partition coefficient (Wildman–Crippen LogP) is 4.82. The number of aromatic nitrogens is 1. The molecule has 0 unspecified atom stereocenters. The molecule has 3 aromatic rings. The average molecular weight is 492 g/mol. The first-order valence-electron chi connectivity index (χ1n) is 9.27. The van der Waals surface area contributed by atoms with E-state index in [4.69, 9.17) is 38.4 Å². The monoisotopic (exact) mass is 491 g/mol. The maximum atomic E-state index is 12.9. The lowest BCUT2D eigenvalue weighted by Gasteiger charge is -2.19. The zero-order chi connectivity index (χ0) is 23.3. The maximum Gasteiger partial charge on any atom is 0.266 e. The van der Waals surface area contributed by atoms with E-state index in [1.165, 1.54) is 35.5 Å². The number of halogens is 2. The fourth-order valence-electron chi connectivity index (χ4n) is 2.76. The molecule has 3 rings (SSSR count). The van der Waals surface area contributed by atoms with Gasteiger partial charge in [-0.15, -0.1) is 17.9 Å². The summed E-state index contributed by atoms with van der Waals surface area (Å²) in [6, 6.07) is 9.78. The van der Waals surface area contributed by atoms with Gasteiger partial charge in [0.05, 0.1) is 28.4 Å². The minimum atomic E-state index is -0.694. The first-order chi connectivity index (χ1) is 15.3. The molecule has 1 aromatic heterocycles. The van der Waals surface area contributed by atoms with Crippen LogP contribution < -0.4 is 20.1 Å². The summed E-state index contributed by atoms with van der Waals surface area (Å²) >= 11 is 13.4. The molecule has 0 radical (unpaired) electrons. The summed E-state index contributed by atoms with van der Waals surface area (Å²) < 4.78 is 10.7. The third-order valence-corrected chi connectivity index (χ3v) is 5.96. The lowest BCUT2D eigenvalue weighted by molar-refractivity contribution is -0.120. The molecular weight excluding hydrogens is 473 g/mol. The van der Waals surface area contributed by atoms with Gasteiger partial charge in [-0.2, -0.15) is 0 Å². The summed E-state index contributed by atoms with van der Waals surface area (Å²) in [5.41, 5.74) is 6.95. The molecule has 0 spiro atoms. The second-order valence-corrected chi connectivity index (χ2v) is 8.10. The van der Waals surface area contributed by atoms with Crippen molar-refractivity contribution in [1.82, 2.24) is 4.98 Å². The topological polar surface area (TPSA) is 94.8 Å². The summed E-state index contributed by atoms with van der Waals surface area (Å²) in [6.45, 7) is 3.60. The fourth-order valence-corrected chi connectivity index (χ4v) is 3.92. The Morgan fingerprint density at radius 2 is 2.00 bits per heavy atom. The lowest BCUT2D eigenvalue weighted by Crippen LogP contribution is -2.35. The molecule has 166 valence electrons. The second kappa shape index (κ2) is 10.5. The molecule has 0 bridgehead atoms. The quantitative estimate of drug-likeness (QED) is 0.432. The Bertz CT molecular complexity index is 1170. The van der Waals surface area contributed by atoms with Gasteiger partial charge in [0.25, 0.3) is 11.8 Å². The van der Waals surface area contributed by atoms with Crippen LogP contribution in [0.3, 0.4) is 0 Å². The van der Waals surface area contributed by atoms with Crippen molar-refractivity contribution >= 4 is 51.5 Å². The number of anilines is 1. The number of primary amides is 1. The van der Waals surface area contributed by atoms with Crippen LogP contribution in [0.1, 0.15) is 10.4 Å². The van der Waals surface area contributed by atoms with Crippen LogP contribution in [0, 0.1) is 0 Å². The normalized spacial score (nSPS) is 10.5. The van der Waals surface area contributed by atoms with Crippen molar-refractivity contribution in [1.29, 1.82) is 0 Å². The number of hydrogen-bond acceptors (Lipinski definition) is 6. The van der Waals surface area contributed by atoms with Gasteiger partial charge in [-0.1, -0.05) is 35.3 Å². The van der Waals surface area contributed by atoms with Crippen LogP contribution in [0.2, 0.25) is 10.0 Å². The summed E-state index contributed by atoms with van der Waals surface area (Å²) in [5.74, 6) is -0.434. The highest BCUT2D eigenvalue weighted by molar-refractivity contribution is 7.14. The molecule has 0 aliphatic carbocycles. The molecule has 2 N–H and O–H groups in total. The third kappa shape index (κ3) is 5.40. The van der Waals surface area contributed by atoms with Crippen LogP contribution in [0.5, 0.6) is 11.5 Å². The smallest absolute Gasteiger partial charge is 0.266 e. The van der Waals surface area contributed by atoms with Crippen molar-refractivity contribution < 1.29 is 19.1 Å². The van der Waals surface area contributed by atoms with E-state index in [2.05, 4.69) is 11.6 Å². The summed E-state index contributed by atoms with van der Waals surface area (Å²) in [7, 11) is 1.47. The number of thiazole rings is 1. The van der Waals surface area contributed by atoms with Crippen LogP contribution in [-0.2, 0) is 4.79 Å². The molecule has 0 aliphatic heterocycles. The fraction of sp³-hybridized carbons (Fsp3) is 0.136. The van der Waals surface area contributed by atoms with Crippen molar-refractivity contribution in [2.24, 2.45) is 5.73 Å². The van der Waals surface area contributed by atoms with Crippen LogP contribution in [0.25, 0.3) is 11.3 Å². The molecule has 0 atom stereocenters. The first-order valence-corrected chi connectivity index (χ1v) is 10.9. The number of nitrogens with zero attached hydrogens (tertiary/aromatic N) is 2. The van der Waals surface area contributed by atoms with E-state index in [0.29, 0.717) is 26.6 Å². The van der Waals surface area contributed by atoms with Crippen molar-refractivity contribution in [2.45, 2.75) is 0 Å². The standard InChI is InChI=1S/C22H19Cl2N3O4S/c1-3-8-27(22-26-18(12-32-22)13-4-6-16(23)17(24)9-13)20(28)11-31-19-7-5-14(30-2)10-15(19)21(25)29/h3-7,9-10,12H,1,8,11H2,2H3,(H2,25,29). The van der Waals surface area contributed by atoms with Gasteiger partial charge in [0.2, 0.25) is 0 Å². The number of ether oxygens (including phenoxy) is 2. The van der Waals surface area contributed by atoms with E-state index in [9.17, 15) is 9.59 Å². The number of methoxy groups -OCH3 is 1. The number of carbonyl (C=O) groups is 2. The molecular formula is C22H19Cl2N3O4S. The van der Waals surface area contributed by atoms with Gasteiger partial charge in [0.1, 0.15) is 11.5 Å². The number of hydrogen-bond donors (Lipinski definition) is 1. The Labute approximate surface area is 199 Å². The highest BCUT2D eigenvalue weighted by atomic mass is 35.5. The highest BCUT2D eigenvalue weighted by Crippen LogP contribution is 2.32. The number of benzene rings is 2. The van der Waals surface area contributed by atoms with E-state index in [-0.39, 0.29) is 30.4 Å². The van der Waals surface area contributed by atoms with Crippen molar-refractivity contribution in [3.05, 3.63) is 70.0 Å². The van der Waals surface area contributed by atoms with Crippen molar-refractivity contribution in [2.75, 3.05) is 25.2 Å². The first kappa shape index (κ1) is 23.6. The van der Waals surface area contributed by atoms with Crippen LogP contribution in [0.15, 0.2) is 54.4 Å². The van der Waals surface area contributed by atoms with Gasteiger partial charge in [-0.3, -0.25) is 14.5 Å². The minimum Gasteiger partial charge on any atom is -0.497 e. The zero-order valence-corrected chi connectivity index (χ0v) is 19.3. The van der Waals surface area contributed by atoms with Gasteiger partial charge in [-0.25, -0.2) is 4.98 Å². The number of nitrogens with two attached hydrogens (primary N) is 1. The third-order valence-electron chi connectivity index (χ3n) is 4.35. The maximum absolute atomic E-state index is 12.9. The van der Waals surface area contributed by atoms with Crippen LogP contribution >= 0.6 is 34.5 Å². The summed E-state index contributed by atoms with van der Waals surface area (Å²) in [4.78, 5) is 30.6. The molecule has 7 nitrogen and oxygen atoms in total. The molecule has 0 saturated carbocycles. The van der Waals surface area contributed by atoms with Crippen LogP contribution in [0.4, 0.5) is 5.13 Å². The molecule has 10 heteroatoms. The number of rotatable bonds is 9. The predicted molar refractivity (Wildman–Crippen MR) is 127 cm³/mol. The van der Waals surface area contributed by atoms with E-state index >= 15 is 0 Å². The highest BCUT2D eigenvalue weighted by Gasteiger charge is 2.20. The Morgan fingerprint density at radius 3 is 2.66 bits per heavy atom. The molecule has 0 aliphatic rings. The second-order valence-electron chi connectivity index (χ2n) is 6.45. The van der Waals surface area contributed by atoms with Gasteiger partial charge in [0.15, 0.2) is 11.7 Å². The molecule has 2 amide bonds. The van der Waals surface area contributed by atoms with Crippen molar-refractivity contribution in [3.8, 4) is 22.8 Å². The van der Waals surface area contributed by atoms with E-state index in [1.54, 1.807) is 30.3 Å². The Kier molecular flexibility index (Phi) is 7.74. The molecule has 1 heterocycles. The van der Waals surface area contributed by atoms with Gasteiger partial charge in [0, 0.05) is 17.5 Å². The van der Waals surface area contributed by atoms with Crippen molar-refractivity contribution in [3.63, 3.8) is 0 Å². The minimum absolute atomic E-state index is 0.114.